The first-order valence-electron chi connectivity index (χ1n) is 8.56. The molecule has 1 aromatic carbocycles. The number of halogens is 4. The van der Waals surface area contributed by atoms with Gasteiger partial charge in [0.05, 0.1) is 18.3 Å². The topological polar surface area (TPSA) is 54.2 Å². The second-order valence-electron chi connectivity index (χ2n) is 5.95. The van der Waals surface area contributed by atoms with Crippen LogP contribution in [0.15, 0.2) is 41.7 Å². The van der Waals surface area contributed by atoms with Crippen molar-refractivity contribution >= 4 is 29.9 Å². The van der Waals surface area contributed by atoms with Crippen LogP contribution in [0.5, 0.6) is 0 Å². The number of alkyl halides is 3. The number of nitrogens with zero attached hydrogens (tertiary/aromatic N) is 3. The number of aryl methyl sites for hydroxylation is 2. The van der Waals surface area contributed by atoms with E-state index in [1.54, 1.807) is 6.07 Å². The van der Waals surface area contributed by atoms with Crippen molar-refractivity contribution in [2.24, 2.45) is 4.99 Å². The van der Waals surface area contributed by atoms with Gasteiger partial charge in [-0.3, -0.25) is 4.68 Å². The zero-order chi connectivity index (χ0) is 19.0. The van der Waals surface area contributed by atoms with Crippen molar-refractivity contribution in [3.8, 4) is 0 Å². The summed E-state index contributed by atoms with van der Waals surface area (Å²) < 4.78 is 40.2. The van der Waals surface area contributed by atoms with Crippen LogP contribution in [0.4, 0.5) is 13.2 Å². The SMILES string of the molecule is CCNC(=NCc1cccc(C(F)(F)F)c1)NCCCn1cc(C)cn1.I. The molecule has 0 atom stereocenters. The van der Waals surface area contributed by atoms with Gasteiger partial charge >= 0.3 is 6.18 Å². The predicted molar refractivity (Wildman–Crippen MR) is 111 cm³/mol. The van der Waals surface area contributed by atoms with E-state index in [9.17, 15) is 13.2 Å². The van der Waals surface area contributed by atoms with E-state index in [1.165, 1.54) is 6.07 Å². The third-order valence-corrected chi connectivity index (χ3v) is 3.64. The molecule has 0 aliphatic rings. The Bertz CT molecular complexity index is 728. The summed E-state index contributed by atoms with van der Waals surface area (Å²) in [6, 6.07) is 5.24. The molecule has 1 heterocycles. The van der Waals surface area contributed by atoms with Crippen molar-refractivity contribution in [1.29, 1.82) is 0 Å². The molecule has 0 aliphatic heterocycles. The summed E-state index contributed by atoms with van der Waals surface area (Å²) in [6.45, 7) is 6.25. The van der Waals surface area contributed by atoms with Crippen molar-refractivity contribution in [1.82, 2.24) is 20.4 Å². The van der Waals surface area contributed by atoms with Gasteiger partial charge in [-0.05, 0) is 43.5 Å². The van der Waals surface area contributed by atoms with Gasteiger partial charge in [0.25, 0.3) is 0 Å². The van der Waals surface area contributed by atoms with Gasteiger partial charge in [-0.25, -0.2) is 4.99 Å². The highest BCUT2D eigenvalue weighted by molar-refractivity contribution is 14.0. The van der Waals surface area contributed by atoms with E-state index < -0.39 is 11.7 Å². The summed E-state index contributed by atoms with van der Waals surface area (Å²) >= 11 is 0. The summed E-state index contributed by atoms with van der Waals surface area (Å²) in [6.07, 6.45) is 0.309. The number of rotatable bonds is 7. The van der Waals surface area contributed by atoms with Crippen LogP contribution in [0.25, 0.3) is 0 Å². The molecule has 0 bridgehead atoms. The van der Waals surface area contributed by atoms with Crippen molar-refractivity contribution in [3.05, 3.63) is 53.3 Å². The lowest BCUT2D eigenvalue weighted by Gasteiger charge is -2.12. The Morgan fingerprint density at radius 3 is 2.67 bits per heavy atom. The molecule has 0 fully saturated rings. The highest BCUT2D eigenvalue weighted by atomic mass is 127. The Morgan fingerprint density at radius 2 is 2.04 bits per heavy atom. The molecular formula is C18H25F3IN5. The number of aromatic nitrogens is 2. The molecular weight excluding hydrogens is 470 g/mol. The van der Waals surface area contributed by atoms with Crippen LogP contribution in [0.2, 0.25) is 0 Å². The smallest absolute Gasteiger partial charge is 0.357 e. The second-order valence-corrected chi connectivity index (χ2v) is 5.95. The molecule has 2 N–H and O–H groups in total. The molecule has 0 saturated carbocycles. The van der Waals surface area contributed by atoms with Gasteiger partial charge in [-0.15, -0.1) is 24.0 Å². The van der Waals surface area contributed by atoms with Gasteiger partial charge in [0.2, 0.25) is 0 Å². The van der Waals surface area contributed by atoms with Gasteiger partial charge in [0, 0.05) is 25.8 Å². The van der Waals surface area contributed by atoms with Crippen LogP contribution < -0.4 is 10.6 Å². The molecule has 0 amide bonds. The van der Waals surface area contributed by atoms with Crippen LogP contribution in [-0.2, 0) is 19.3 Å². The van der Waals surface area contributed by atoms with Crippen LogP contribution in [-0.4, -0.2) is 28.8 Å². The molecule has 150 valence electrons. The largest absolute Gasteiger partial charge is 0.416 e. The minimum Gasteiger partial charge on any atom is -0.357 e. The number of nitrogens with one attached hydrogen (secondary N) is 2. The number of benzene rings is 1. The fraction of sp³-hybridized carbons (Fsp3) is 0.444. The first-order chi connectivity index (χ1) is 12.4. The lowest BCUT2D eigenvalue weighted by molar-refractivity contribution is -0.137. The lowest BCUT2D eigenvalue weighted by atomic mass is 10.1. The molecule has 5 nitrogen and oxygen atoms in total. The molecule has 0 unspecified atom stereocenters. The normalized spacial score (nSPS) is 11.8. The molecule has 27 heavy (non-hydrogen) atoms. The summed E-state index contributed by atoms with van der Waals surface area (Å²) in [7, 11) is 0. The summed E-state index contributed by atoms with van der Waals surface area (Å²) in [4.78, 5) is 4.36. The van der Waals surface area contributed by atoms with Gasteiger partial charge < -0.3 is 10.6 Å². The van der Waals surface area contributed by atoms with E-state index in [1.807, 2.05) is 30.9 Å². The molecule has 9 heteroatoms. The third kappa shape index (κ3) is 8.19. The summed E-state index contributed by atoms with van der Waals surface area (Å²) in [5.41, 5.74) is 0.982. The van der Waals surface area contributed by atoms with E-state index in [2.05, 4.69) is 20.7 Å². The Labute approximate surface area is 174 Å². The quantitative estimate of drug-likeness (QED) is 0.265. The second kappa shape index (κ2) is 11.2. The summed E-state index contributed by atoms with van der Waals surface area (Å²) in [5.74, 6) is 0.585. The first-order valence-corrected chi connectivity index (χ1v) is 8.56. The maximum Gasteiger partial charge on any atom is 0.416 e. The lowest BCUT2D eigenvalue weighted by Crippen LogP contribution is -2.38. The molecule has 0 spiro atoms. The Balaban J connectivity index is 0.00000364. The van der Waals surface area contributed by atoms with Crippen LogP contribution in [0.1, 0.15) is 30.0 Å². The van der Waals surface area contributed by atoms with Crippen LogP contribution in [0, 0.1) is 6.92 Å². The fourth-order valence-corrected chi connectivity index (χ4v) is 2.40. The average molecular weight is 495 g/mol. The van der Waals surface area contributed by atoms with E-state index in [0.29, 0.717) is 24.6 Å². The van der Waals surface area contributed by atoms with Crippen LogP contribution >= 0.6 is 24.0 Å². The Hall–Kier alpha value is -1.78. The molecule has 2 aromatic rings. The Kier molecular flexibility index (Phi) is 9.61. The van der Waals surface area contributed by atoms with Gasteiger partial charge in [0.15, 0.2) is 5.96 Å². The first kappa shape index (κ1) is 23.3. The maximum absolute atomic E-state index is 12.8. The molecule has 2 rings (SSSR count). The van der Waals surface area contributed by atoms with E-state index in [0.717, 1.165) is 30.7 Å². The zero-order valence-electron chi connectivity index (χ0n) is 15.4. The highest BCUT2D eigenvalue weighted by Gasteiger charge is 2.30. The number of hydrogen-bond donors (Lipinski definition) is 2. The minimum atomic E-state index is -4.34. The molecule has 0 saturated heterocycles. The van der Waals surface area contributed by atoms with Crippen molar-refractivity contribution in [3.63, 3.8) is 0 Å². The van der Waals surface area contributed by atoms with Gasteiger partial charge in [-0.1, -0.05) is 12.1 Å². The average Bonchev–Trinajstić information content (AvgIpc) is 3.01. The number of hydrogen-bond acceptors (Lipinski definition) is 2. The van der Waals surface area contributed by atoms with Crippen LogP contribution in [0.3, 0.4) is 0 Å². The van der Waals surface area contributed by atoms with Gasteiger partial charge in [0.1, 0.15) is 0 Å². The fourth-order valence-electron chi connectivity index (χ4n) is 2.40. The predicted octanol–water partition coefficient (Wildman–Crippen LogP) is 3.97. The highest BCUT2D eigenvalue weighted by Crippen LogP contribution is 2.29. The van der Waals surface area contributed by atoms with Crippen molar-refractivity contribution in [2.45, 2.75) is 39.5 Å². The zero-order valence-corrected chi connectivity index (χ0v) is 17.7. The number of guanidine groups is 1. The van der Waals surface area contributed by atoms with E-state index in [-0.39, 0.29) is 30.5 Å². The third-order valence-electron chi connectivity index (χ3n) is 3.64. The number of aliphatic imine (C=N–C) groups is 1. The van der Waals surface area contributed by atoms with Crippen molar-refractivity contribution in [2.75, 3.05) is 13.1 Å². The standard InChI is InChI=1S/C18H24F3N5.HI/c1-3-22-17(23-8-5-9-26-13-14(2)11-25-26)24-12-15-6-4-7-16(10-15)18(19,20)21;/h4,6-7,10-11,13H,3,5,8-9,12H2,1-2H3,(H2,22,23,24);1H. The van der Waals surface area contributed by atoms with E-state index in [4.69, 9.17) is 0 Å². The van der Waals surface area contributed by atoms with Gasteiger partial charge in [-0.2, -0.15) is 18.3 Å². The molecule has 0 radical (unpaired) electrons. The molecule has 1 aromatic heterocycles. The Morgan fingerprint density at radius 1 is 1.26 bits per heavy atom. The molecule has 0 aliphatic carbocycles. The maximum atomic E-state index is 12.8. The minimum absolute atomic E-state index is 0. The summed E-state index contributed by atoms with van der Waals surface area (Å²) in [5, 5.41) is 10.5. The van der Waals surface area contributed by atoms with E-state index >= 15 is 0 Å². The monoisotopic (exact) mass is 495 g/mol. The van der Waals surface area contributed by atoms with Crippen molar-refractivity contribution < 1.29 is 13.2 Å².